The number of aliphatic hydroxyl groups is 1. The lowest BCUT2D eigenvalue weighted by atomic mass is 10.1. The van der Waals surface area contributed by atoms with Crippen molar-refractivity contribution in [3.63, 3.8) is 0 Å². The molecule has 1 N–H and O–H groups in total. The molecule has 0 aromatic carbocycles. The summed E-state index contributed by atoms with van der Waals surface area (Å²) < 4.78 is 4.82. The van der Waals surface area contributed by atoms with E-state index in [0.717, 1.165) is 19.3 Å². The van der Waals surface area contributed by atoms with E-state index in [1.165, 1.54) is 0 Å². The van der Waals surface area contributed by atoms with Crippen LogP contribution in [0.3, 0.4) is 0 Å². The number of ether oxygens (including phenoxy) is 1. The summed E-state index contributed by atoms with van der Waals surface area (Å²) in [7, 11) is 6.00. The highest BCUT2D eigenvalue weighted by Crippen LogP contribution is 2.08. The van der Waals surface area contributed by atoms with Gasteiger partial charge in [0.2, 0.25) is 0 Å². The van der Waals surface area contributed by atoms with Gasteiger partial charge in [-0.05, 0) is 40.4 Å². The zero-order valence-corrected chi connectivity index (χ0v) is 12.9. The Labute approximate surface area is 112 Å². The zero-order chi connectivity index (χ0) is 14.6. The van der Waals surface area contributed by atoms with E-state index in [0.29, 0.717) is 12.3 Å². The fourth-order valence-corrected chi connectivity index (χ4v) is 1.11. The molecule has 1 atom stereocenters. The predicted octanol–water partition coefficient (Wildman–Crippen LogP) is 2.30. The van der Waals surface area contributed by atoms with Crippen molar-refractivity contribution in [2.75, 3.05) is 27.7 Å². The molecule has 0 aliphatic carbocycles. The molecule has 0 spiro atoms. The maximum absolute atomic E-state index is 11.1. The standard InChI is InChI=1S/C11H22O3.C3H9N/c1-9(2)6-4-5-7-11(13)14-8-10(3)12;1-4(2)3/h9-10,12H,4-8H2,1-3H3;1-3H3. The second-order valence-corrected chi connectivity index (χ2v) is 5.51. The molecule has 0 aliphatic heterocycles. The van der Waals surface area contributed by atoms with Crippen molar-refractivity contribution in [3.05, 3.63) is 0 Å². The van der Waals surface area contributed by atoms with Gasteiger partial charge in [0, 0.05) is 6.42 Å². The molecule has 0 aromatic heterocycles. The van der Waals surface area contributed by atoms with Crippen LogP contribution in [0.2, 0.25) is 0 Å². The highest BCUT2D eigenvalue weighted by Gasteiger charge is 2.04. The van der Waals surface area contributed by atoms with Gasteiger partial charge in [-0.25, -0.2) is 0 Å². The normalized spacial score (nSPS) is 12.1. The first-order chi connectivity index (χ1) is 8.25. The number of nitrogens with zero attached hydrogens (tertiary/aromatic N) is 1. The summed E-state index contributed by atoms with van der Waals surface area (Å²) in [6.45, 7) is 6.06. The highest BCUT2D eigenvalue weighted by atomic mass is 16.5. The molecule has 18 heavy (non-hydrogen) atoms. The molecule has 110 valence electrons. The monoisotopic (exact) mass is 261 g/mol. The van der Waals surface area contributed by atoms with Gasteiger partial charge in [-0.1, -0.05) is 26.7 Å². The van der Waals surface area contributed by atoms with Crippen LogP contribution in [-0.4, -0.2) is 49.8 Å². The third-order valence-corrected chi connectivity index (χ3v) is 1.90. The number of carbonyl (C=O) groups is 1. The largest absolute Gasteiger partial charge is 0.463 e. The van der Waals surface area contributed by atoms with Crippen molar-refractivity contribution >= 4 is 5.97 Å². The Bertz CT molecular complexity index is 189. The van der Waals surface area contributed by atoms with Gasteiger partial charge in [0.25, 0.3) is 0 Å². The lowest BCUT2D eigenvalue weighted by molar-refractivity contribution is -0.146. The number of unbranched alkanes of at least 4 members (excludes halogenated alkanes) is 1. The van der Waals surface area contributed by atoms with E-state index in [1.54, 1.807) is 6.92 Å². The summed E-state index contributed by atoms with van der Waals surface area (Å²) in [5, 5.41) is 8.87. The highest BCUT2D eigenvalue weighted by molar-refractivity contribution is 5.69. The molecular weight excluding hydrogens is 230 g/mol. The van der Waals surface area contributed by atoms with Gasteiger partial charge in [0.1, 0.15) is 6.61 Å². The summed E-state index contributed by atoms with van der Waals surface area (Å²) >= 11 is 0. The summed E-state index contributed by atoms with van der Waals surface area (Å²) in [5.41, 5.74) is 0. The van der Waals surface area contributed by atoms with Crippen molar-refractivity contribution < 1.29 is 14.6 Å². The third kappa shape index (κ3) is 24.6. The van der Waals surface area contributed by atoms with Crippen molar-refractivity contribution in [2.24, 2.45) is 5.92 Å². The Morgan fingerprint density at radius 3 is 2.06 bits per heavy atom. The second-order valence-electron chi connectivity index (χ2n) is 5.51. The number of esters is 1. The summed E-state index contributed by atoms with van der Waals surface area (Å²) in [6.07, 6.45) is 3.02. The number of hydrogen-bond donors (Lipinski definition) is 1. The van der Waals surface area contributed by atoms with Crippen LogP contribution >= 0.6 is 0 Å². The Morgan fingerprint density at radius 1 is 1.17 bits per heavy atom. The van der Waals surface area contributed by atoms with Gasteiger partial charge in [-0.15, -0.1) is 0 Å². The van der Waals surface area contributed by atoms with Gasteiger partial charge in [-0.3, -0.25) is 4.79 Å². The minimum Gasteiger partial charge on any atom is -0.463 e. The maximum Gasteiger partial charge on any atom is 0.305 e. The molecule has 4 nitrogen and oxygen atoms in total. The Balaban J connectivity index is 0. The average Bonchev–Trinajstić information content (AvgIpc) is 2.20. The van der Waals surface area contributed by atoms with Crippen molar-refractivity contribution in [2.45, 2.75) is 52.6 Å². The minimum atomic E-state index is -0.561. The van der Waals surface area contributed by atoms with Gasteiger partial charge in [0.15, 0.2) is 0 Å². The molecule has 0 saturated heterocycles. The molecule has 0 heterocycles. The topological polar surface area (TPSA) is 49.8 Å². The van der Waals surface area contributed by atoms with Crippen LogP contribution in [0.15, 0.2) is 0 Å². The molecule has 0 rings (SSSR count). The Kier molecular flexibility index (Phi) is 14.1. The van der Waals surface area contributed by atoms with E-state index in [2.05, 4.69) is 13.8 Å². The molecule has 0 aromatic rings. The van der Waals surface area contributed by atoms with Gasteiger partial charge in [-0.2, -0.15) is 0 Å². The first-order valence-corrected chi connectivity index (χ1v) is 6.70. The number of rotatable bonds is 7. The first kappa shape index (κ1) is 19.7. The smallest absolute Gasteiger partial charge is 0.305 e. The number of carbonyl (C=O) groups excluding carboxylic acids is 1. The molecule has 0 amide bonds. The lowest BCUT2D eigenvalue weighted by Crippen LogP contribution is -2.14. The van der Waals surface area contributed by atoms with E-state index in [9.17, 15) is 4.79 Å². The maximum atomic E-state index is 11.1. The van der Waals surface area contributed by atoms with Crippen LogP contribution in [0.4, 0.5) is 0 Å². The molecule has 1 unspecified atom stereocenters. The van der Waals surface area contributed by atoms with Gasteiger partial charge in [0.05, 0.1) is 6.10 Å². The van der Waals surface area contributed by atoms with Crippen LogP contribution in [0.25, 0.3) is 0 Å². The van der Waals surface area contributed by atoms with E-state index in [1.807, 2.05) is 26.0 Å². The van der Waals surface area contributed by atoms with Crippen LogP contribution in [-0.2, 0) is 9.53 Å². The summed E-state index contributed by atoms with van der Waals surface area (Å²) in [5.74, 6) is 0.498. The first-order valence-electron chi connectivity index (χ1n) is 6.70. The lowest BCUT2D eigenvalue weighted by Gasteiger charge is -2.07. The fourth-order valence-electron chi connectivity index (χ4n) is 1.11. The van der Waals surface area contributed by atoms with Crippen molar-refractivity contribution in [1.29, 1.82) is 0 Å². The fraction of sp³-hybridized carbons (Fsp3) is 0.929. The quantitative estimate of drug-likeness (QED) is 0.564. The second kappa shape index (κ2) is 12.8. The minimum absolute atomic E-state index is 0.114. The van der Waals surface area contributed by atoms with Gasteiger partial charge >= 0.3 is 5.97 Å². The van der Waals surface area contributed by atoms with Gasteiger partial charge < -0.3 is 14.7 Å². The number of aliphatic hydroxyl groups excluding tert-OH is 1. The zero-order valence-electron chi connectivity index (χ0n) is 12.9. The molecular formula is C14H31NO3. The van der Waals surface area contributed by atoms with E-state index in [-0.39, 0.29) is 12.6 Å². The van der Waals surface area contributed by atoms with Crippen LogP contribution in [0.5, 0.6) is 0 Å². The summed E-state index contributed by atoms with van der Waals surface area (Å²) in [4.78, 5) is 13.1. The predicted molar refractivity (Wildman–Crippen MR) is 75.6 cm³/mol. The Hall–Kier alpha value is -0.610. The van der Waals surface area contributed by atoms with E-state index in [4.69, 9.17) is 9.84 Å². The molecule has 0 fully saturated rings. The van der Waals surface area contributed by atoms with Crippen LogP contribution < -0.4 is 0 Å². The molecule has 0 aliphatic rings. The van der Waals surface area contributed by atoms with Crippen molar-refractivity contribution in [1.82, 2.24) is 4.90 Å². The third-order valence-electron chi connectivity index (χ3n) is 1.90. The van der Waals surface area contributed by atoms with Crippen LogP contribution in [0.1, 0.15) is 46.5 Å². The average molecular weight is 261 g/mol. The molecule has 0 saturated carbocycles. The number of hydrogen-bond acceptors (Lipinski definition) is 4. The van der Waals surface area contributed by atoms with E-state index < -0.39 is 6.10 Å². The Morgan fingerprint density at radius 2 is 1.67 bits per heavy atom. The van der Waals surface area contributed by atoms with Crippen molar-refractivity contribution in [3.8, 4) is 0 Å². The molecule has 4 heteroatoms. The summed E-state index contributed by atoms with van der Waals surface area (Å²) in [6, 6.07) is 0. The van der Waals surface area contributed by atoms with E-state index >= 15 is 0 Å². The molecule has 0 bridgehead atoms. The SMILES string of the molecule is CC(C)CCCCC(=O)OCC(C)O.CN(C)C. The molecule has 0 radical (unpaired) electrons. The van der Waals surface area contributed by atoms with Crippen LogP contribution in [0, 0.1) is 5.92 Å².